The summed E-state index contributed by atoms with van der Waals surface area (Å²) in [5, 5.41) is 12.6. The normalized spacial score (nSPS) is 23.6. The lowest BCUT2D eigenvalue weighted by Crippen LogP contribution is -2.52. The monoisotopic (exact) mass is 269 g/mol. The van der Waals surface area contributed by atoms with Gasteiger partial charge in [0.2, 0.25) is 5.91 Å². The quantitative estimate of drug-likeness (QED) is 0.680. The molecule has 8 heteroatoms. The molecular formula is C11H15N3O5. The van der Waals surface area contributed by atoms with E-state index in [1.165, 1.54) is 4.90 Å². The molecule has 0 spiro atoms. The second kappa shape index (κ2) is 5.79. The third-order valence-electron chi connectivity index (χ3n) is 3.05. The second-order valence-electron chi connectivity index (χ2n) is 4.42. The molecule has 2 amide bonds. The number of morpholine rings is 1. The molecule has 8 nitrogen and oxygen atoms in total. The van der Waals surface area contributed by atoms with E-state index in [1.54, 1.807) is 0 Å². The van der Waals surface area contributed by atoms with Gasteiger partial charge in [0.25, 0.3) is 5.91 Å². The van der Waals surface area contributed by atoms with E-state index in [-0.39, 0.29) is 43.4 Å². The number of carbonyl (C=O) groups excluding carboxylic acids is 2. The van der Waals surface area contributed by atoms with Crippen molar-refractivity contribution in [1.82, 2.24) is 10.3 Å². The molecule has 1 saturated heterocycles. The molecular weight excluding hydrogens is 254 g/mol. The van der Waals surface area contributed by atoms with E-state index in [2.05, 4.69) is 10.5 Å². The number of carboxylic acids is 1. The van der Waals surface area contributed by atoms with Crippen molar-refractivity contribution in [2.24, 2.45) is 5.10 Å². The van der Waals surface area contributed by atoms with Gasteiger partial charge < -0.3 is 14.7 Å². The van der Waals surface area contributed by atoms with Gasteiger partial charge in [-0.25, -0.2) is 5.43 Å². The highest BCUT2D eigenvalue weighted by atomic mass is 16.5. The van der Waals surface area contributed by atoms with Crippen molar-refractivity contribution < 1.29 is 24.2 Å². The van der Waals surface area contributed by atoms with Crippen LogP contribution in [0.5, 0.6) is 0 Å². The lowest BCUT2D eigenvalue weighted by Gasteiger charge is -2.35. The van der Waals surface area contributed by atoms with Crippen LogP contribution in [-0.2, 0) is 19.1 Å². The van der Waals surface area contributed by atoms with Crippen LogP contribution in [0.25, 0.3) is 0 Å². The predicted molar refractivity (Wildman–Crippen MR) is 63.4 cm³/mol. The van der Waals surface area contributed by atoms with Crippen molar-refractivity contribution in [3.63, 3.8) is 0 Å². The zero-order valence-corrected chi connectivity index (χ0v) is 10.3. The summed E-state index contributed by atoms with van der Waals surface area (Å²) in [7, 11) is 0. The molecule has 104 valence electrons. The Labute approximate surface area is 109 Å². The molecule has 0 aromatic rings. The van der Waals surface area contributed by atoms with E-state index in [1.807, 2.05) is 0 Å². The lowest BCUT2D eigenvalue weighted by molar-refractivity contribution is -0.143. The highest BCUT2D eigenvalue weighted by molar-refractivity contribution is 6.39. The molecule has 2 rings (SSSR count). The Balaban J connectivity index is 2.07. The van der Waals surface area contributed by atoms with Gasteiger partial charge in [0, 0.05) is 19.4 Å². The number of nitrogens with one attached hydrogen (secondary N) is 1. The smallest absolute Gasteiger partial charge is 0.305 e. The number of nitrogens with zero attached hydrogens (tertiary/aromatic N) is 2. The number of hydrogen-bond acceptors (Lipinski definition) is 5. The number of hydrazone groups is 1. The van der Waals surface area contributed by atoms with Crippen molar-refractivity contribution in [2.75, 3.05) is 19.8 Å². The zero-order valence-electron chi connectivity index (χ0n) is 10.3. The third kappa shape index (κ3) is 3.28. The molecule has 2 aliphatic heterocycles. The number of rotatable bonds is 3. The number of aliphatic carboxylic acids is 1. The Morgan fingerprint density at radius 3 is 2.89 bits per heavy atom. The second-order valence-corrected chi connectivity index (χ2v) is 4.42. The molecule has 19 heavy (non-hydrogen) atoms. The van der Waals surface area contributed by atoms with Crippen LogP contribution in [0.15, 0.2) is 5.10 Å². The summed E-state index contributed by atoms with van der Waals surface area (Å²) >= 11 is 0. The molecule has 1 unspecified atom stereocenters. The number of amides is 2. The van der Waals surface area contributed by atoms with Crippen molar-refractivity contribution in [1.29, 1.82) is 0 Å². The van der Waals surface area contributed by atoms with Crippen LogP contribution >= 0.6 is 0 Å². The van der Waals surface area contributed by atoms with Gasteiger partial charge in [-0.3, -0.25) is 14.4 Å². The summed E-state index contributed by atoms with van der Waals surface area (Å²) in [5.41, 5.74) is 2.52. The number of ether oxygens (including phenoxy) is 1. The predicted octanol–water partition coefficient (Wildman–Crippen LogP) is -1.05. The molecule has 2 aliphatic rings. The Bertz CT molecular complexity index is 434. The maximum absolute atomic E-state index is 12.2. The summed E-state index contributed by atoms with van der Waals surface area (Å²) in [6.45, 7) is 0.920. The van der Waals surface area contributed by atoms with E-state index in [0.29, 0.717) is 13.2 Å². The first-order valence-electron chi connectivity index (χ1n) is 6.04. The number of hydrogen-bond donors (Lipinski definition) is 2. The standard InChI is InChI=1S/C11H15N3O5/c15-9-2-1-8(12-13-9)11(18)14-3-4-19-6-7(14)5-10(16)17/h7H,1-6H2,(H,13,15)(H,16,17). The Morgan fingerprint density at radius 2 is 2.26 bits per heavy atom. The van der Waals surface area contributed by atoms with Gasteiger partial charge in [0.05, 0.1) is 25.7 Å². The van der Waals surface area contributed by atoms with Crippen LogP contribution in [0, 0.1) is 0 Å². The van der Waals surface area contributed by atoms with E-state index >= 15 is 0 Å². The van der Waals surface area contributed by atoms with Gasteiger partial charge >= 0.3 is 5.97 Å². The average molecular weight is 269 g/mol. The highest BCUT2D eigenvalue weighted by Gasteiger charge is 2.32. The molecule has 0 saturated carbocycles. The van der Waals surface area contributed by atoms with Gasteiger partial charge in [-0.05, 0) is 0 Å². The molecule has 0 radical (unpaired) electrons. The molecule has 1 fully saturated rings. The fourth-order valence-electron chi connectivity index (χ4n) is 2.09. The minimum atomic E-state index is -0.979. The van der Waals surface area contributed by atoms with Gasteiger partial charge in [-0.15, -0.1) is 0 Å². The Hall–Kier alpha value is -1.96. The first kappa shape index (κ1) is 13.5. The van der Waals surface area contributed by atoms with E-state index in [9.17, 15) is 14.4 Å². The number of carbonyl (C=O) groups is 3. The maximum Gasteiger partial charge on any atom is 0.305 e. The Kier molecular flexibility index (Phi) is 4.10. The minimum absolute atomic E-state index is 0.161. The average Bonchev–Trinajstić information content (AvgIpc) is 2.39. The van der Waals surface area contributed by atoms with Crippen LogP contribution in [0.2, 0.25) is 0 Å². The van der Waals surface area contributed by atoms with Gasteiger partial charge in [0.15, 0.2) is 0 Å². The van der Waals surface area contributed by atoms with Crippen LogP contribution in [0.1, 0.15) is 19.3 Å². The molecule has 1 atom stereocenters. The van der Waals surface area contributed by atoms with E-state index in [0.717, 1.165) is 0 Å². The summed E-state index contributed by atoms with van der Waals surface area (Å²) in [6.07, 6.45) is 0.339. The van der Waals surface area contributed by atoms with Crippen LogP contribution in [-0.4, -0.2) is 59.3 Å². The summed E-state index contributed by atoms with van der Waals surface area (Å²) in [4.78, 5) is 35.5. The third-order valence-corrected chi connectivity index (χ3v) is 3.05. The zero-order chi connectivity index (χ0) is 13.8. The Morgan fingerprint density at radius 1 is 1.47 bits per heavy atom. The molecule has 0 aromatic carbocycles. The first-order valence-corrected chi connectivity index (χ1v) is 6.04. The maximum atomic E-state index is 12.2. The molecule has 2 heterocycles. The van der Waals surface area contributed by atoms with Crippen molar-refractivity contribution in [3.8, 4) is 0 Å². The largest absolute Gasteiger partial charge is 0.481 e. The fraction of sp³-hybridized carbons (Fsp3) is 0.636. The molecule has 0 bridgehead atoms. The van der Waals surface area contributed by atoms with Crippen molar-refractivity contribution in [2.45, 2.75) is 25.3 Å². The number of carboxylic acid groups (broad SMARTS) is 1. The topological polar surface area (TPSA) is 108 Å². The summed E-state index contributed by atoms with van der Waals surface area (Å²) in [6, 6.07) is -0.487. The SMILES string of the molecule is O=C(O)CC1COCCN1C(=O)C1=NNC(=O)CC1. The van der Waals surface area contributed by atoms with Gasteiger partial charge in [-0.2, -0.15) is 5.10 Å². The van der Waals surface area contributed by atoms with Gasteiger partial charge in [-0.1, -0.05) is 0 Å². The van der Waals surface area contributed by atoms with Gasteiger partial charge in [0.1, 0.15) is 5.71 Å². The molecule has 0 aliphatic carbocycles. The molecule has 2 N–H and O–H groups in total. The van der Waals surface area contributed by atoms with Crippen molar-refractivity contribution >= 4 is 23.5 Å². The highest BCUT2D eigenvalue weighted by Crippen LogP contribution is 2.13. The van der Waals surface area contributed by atoms with E-state index in [4.69, 9.17) is 9.84 Å². The van der Waals surface area contributed by atoms with Crippen molar-refractivity contribution in [3.05, 3.63) is 0 Å². The minimum Gasteiger partial charge on any atom is -0.481 e. The van der Waals surface area contributed by atoms with Crippen LogP contribution < -0.4 is 5.43 Å². The summed E-state index contributed by atoms with van der Waals surface area (Å²) < 4.78 is 5.20. The lowest BCUT2D eigenvalue weighted by atomic mass is 10.1. The van der Waals surface area contributed by atoms with E-state index < -0.39 is 12.0 Å². The first-order chi connectivity index (χ1) is 9.08. The fourth-order valence-corrected chi connectivity index (χ4v) is 2.09. The van der Waals surface area contributed by atoms with Crippen LogP contribution in [0.3, 0.4) is 0 Å². The van der Waals surface area contributed by atoms with Crippen LogP contribution in [0.4, 0.5) is 0 Å². The molecule has 0 aromatic heterocycles. The summed E-state index contributed by atoms with van der Waals surface area (Å²) in [5.74, 6) is -1.53.